The molecular formula is C13H17N3S. The van der Waals surface area contributed by atoms with Gasteiger partial charge in [-0.3, -0.25) is 4.90 Å². The number of nitrogen functional groups attached to an aromatic ring is 1. The van der Waals surface area contributed by atoms with Gasteiger partial charge in [-0.2, -0.15) is 0 Å². The summed E-state index contributed by atoms with van der Waals surface area (Å²) in [5, 5.41) is 2.11. The van der Waals surface area contributed by atoms with Gasteiger partial charge in [0.15, 0.2) is 0 Å². The second-order valence-corrected chi connectivity index (χ2v) is 4.96. The number of hydrogen-bond donors (Lipinski definition) is 1. The zero-order valence-electron chi connectivity index (χ0n) is 9.97. The van der Waals surface area contributed by atoms with Crippen molar-refractivity contribution >= 4 is 17.2 Å². The Hall–Kier alpha value is -1.39. The molecule has 2 aromatic rings. The average molecular weight is 247 g/mol. The van der Waals surface area contributed by atoms with E-state index in [0.717, 1.165) is 25.2 Å². The van der Waals surface area contributed by atoms with Crippen LogP contribution in [0.2, 0.25) is 0 Å². The van der Waals surface area contributed by atoms with E-state index in [9.17, 15) is 0 Å². The van der Waals surface area contributed by atoms with Crippen molar-refractivity contribution in [3.63, 3.8) is 0 Å². The van der Waals surface area contributed by atoms with E-state index in [1.54, 1.807) is 17.5 Å². The van der Waals surface area contributed by atoms with Crippen molar-refractivity contribution in [1.29, 1.82) is 0 Å². The van der Waals surface area contributed by atoms with Crippen molar-refractivity contribution in [3.05, 3.63) is 46.3 Å². The Balaban J connectivity index is 2.03. The number of pyridine rings is 1. The molecule has 0 saturated heterocycles. The smallest absolute Gasteiger partial charge is 0.127 e. The molecule has 0 saturated carbocycles. The molecule has 0 fully saturated rings. The summed E-state index contributed by atoms with van der Waals surface area (Å²) in [6.07, 6.45) is 1.73. The fraction of sp³-hybridized carbons (Fsp3) is 0.308. The first-order valence-corrected chi connectivity index (χ1v) is 6.61. The van der Waals surface area contributed by atoms with Crippen molar-refractivity contribution in [3.8, 4) is 0 Å². The maximum Gasteiger partial charge on any atom is 0.127 e. The van der Waals surface area contributed by atoms with E-state index in [1.165, 1.54) is 4.88 Å². The van der Waals surface area contributed by atoms with Crippen LogP contribution in [0.5, 0.6) is 0 Å². The summed E-state index contributed by atoms with van der Waals surface area (Å²) in [6.45, 7) is 5.00. The van der Waals surface area contributed by atoms with Crippen LogP contribution < -0.4 is 5.73 Å². The maximum atomic E-state index is 5.86. The highest BCUT2D eigenvalue weighted by molar-refractivity contribution is 7.09. The minimum Gasteiger partial charge on any atom is -0.383 e. The molecule has 2 N–H and O–H groups in total. The van der Waals surface area contributed by atoms with Gasteiger partial charge in [0, 0.05) is 29.7 Å². The highest BCUT2D eigenvalue weighted by Gasteiger charge is 2.07. The molecule has 0 radical (unpaired) electrons. The summed E-state index contributed by atoms with van der Waals surface area (Å²) in [4.78, 5) is 7.86. The van der Waals surface area contributed by atoms with Crippen molar-refractivity contribution in [2.45, 2.75) is 20.0 Å². The van der Waals surface area contributed by atoms with Crippen LogP contribution in [-0.4, -0.2) is 16.4 Å². The summed E-state index contributed by atoms with van der Waals surface area (Å²) in [5.74, 6) is 0.636. The van der Waals surface area contributed by atoms with E-state index in [2.05, 4.69) is 34.3 Å². The number of aromatic nitrogens is 1. The normalized spacial score (nSPS) is 10.9. The van der Waals surface area contributed by atoms with E-state index in [-0.39, 0.29) is 0 Å². The number of anilines is 1. The van der Waals surface area contributed by atoms with Crippen molar-refractivity contribution in [2.75, 3.05) is 12.3 Å². The molecule has 0 aliphatic heterocycles. The predicted octanol–water partition coefficient (Wildman–Crippen LogP) is 2.75. The van der Waals surface area contributed by atoms with Crippen LogP contribution in [0, 0.1) is 0 Å². The van der Waals surface area contributed by atoms with Crippen LogP contribution in [0.4, 0.5) is 5.82 Å². The Morgan fingerprint density at radius 1 is 1.29 bits per heavy atom. The molecule has 90 valence electrons. The Labute approximate surface area is 106 Å². The monoisotopic (exact) mass is 247 g/mol. The van der Waals surface area contributed by atoms with Gasteiger partial charge in [-0.1, -0.05) is 19.1 Å². The molecule has 2 heterocycles. The first-order chi connectivity index (χ1) is 8.29. The molecule has 0 amide bonds. The number of rotatable bonds is 5. The first kappa shape index (κ1) is 12.1. The zero-order chi connectivity index (χ0) is 12.1. The van der Waals surface area contributed by atoms with Crippen molar-refractivity contribution in [1.82, 2.24) is 9.88 Å². The molecule has 0 unspecified atom stereocenters. The van der Waals surface area contributed by atoms with Crippen molar-refractivity contribution in [2.24, 2.45) is 0 Å². The number of nitrogens with two attached hydrogens (primary N) is 1. The fourth-order valence-electron chi connectivity index (χ4n) is 1.73. The largest absolute Gasteiger partial charge is 0.383 e. The average Bonchev–Trinajstić information content (AvgIpc) is 2.84. The molecule has 0 aromatic carbocycles. The third-order valence-electron chi connectivity index (χ3n) is 2.73. The Kier molecular flexibility index (Phi) is 4.12. The van der Waals surface area contributed by atoms with Crippen LogP contribution in [0.1, 0.15) is 17.4 Å². The number of hydrogen-bond acceptors (Lipinski definition) is 4. The van der Waals surface area contributed by atoms with Gasteiger partial charge in [-0.15, -0.1) is 11.3 Å². The molecule has 0 spiro atoms. The quantitative estimate of drug-likeness (QED) is 0.883. The van der Waals surface area contributed by atoms with Crippen LogP contribution in [-0.2, 0) is 13.1 Å². The van der Waals surface area contributed by atoms with Crippen molar-refractivity contribution < 1.29 is 0 Å². The lowest BCUT2D eigenvalue weighted by atomic mass is 10.2. The molecule has 0 atom stereocenters. The molecule has 2 rings (SSSR count). The summed E-state index contributed by atoms with van der Waals surface area (Å²) in [7, 11) is 0. The summed E-state index contributed by atoms with van der Waals surface area (Å²) >= 11 is 1.79. The summed E-state index contributed by atoms with van der Waals surface area (Å²) in [6, 6.07) is 8.23. The minimum atomic E-state index is 0.636. The Bertz CT molecular complexity index is 453. The molecule has 4 heteroatoms. The lowest BCUT2D eigenvalue weighted by Crippen LogP contribution is -2.22. The van der Waals surface area contributed by atoms with Crippen LogP contribution >= 0.6 is 11.3 Å². The SMILES string of the molecule is CCN(Cc1cccs1)Cc1cccnc1N. The third kappa shape index (κ3) is 3.28. The van der Waals surface area contributed by atoms with Crippen LogP contribution in [0.15, 0.2) is 35.8 Å². The van der Waals surface area contributed by atoms with Gasteiger partial charge in [0.2, 0.25) is 0 Å². The highest BCUT2D eigenvalue weighted by atomic mass is 32.1. The van der Waals surface area contributed by atoms with Gasteiger partial charge < -0.3 is 5.73 Å². The lowest BCUT2D eigenvalue weighted by Gasteiger charge is -2.20. The Morgan fingerprint density at radius 2 is 2.18 bits per heavy atom. The van der Waals surface area contributed by atoms with E-state index in [0.29, 0.717) is 5.82 Å². The summed E-state index contributed by atoms with van der Waals surface area (Å²) in [5.41, 5.74) is 6.96. The second-order valence-electron chi connectivity index (χ2n) is 3.93. The van der Waals surface area contributed by atoms with Gasteiger partial charge in [0.25, 0.3) is 0 Å². The topological polar surface area (TPSA) is 42.2 Å². The van der Waals surface area contributed by atoms with Crippen LogP contribution in [0.3, 0.4) is 0 Å². The predicted molar refractivity (Wildman–Crippen MR) is 72.8 cm³/mol. The Morgan fingerprint density at radius 3 is 2.82 bits per heavy atom. The van der Waals surface area contributed by atoms with Gasteiger partial charge in [-0.25, -0.2) is 4.98 Å². The van der Waals surface area contributed by atoms with E-state index in [1.807, 2.05) is 12.1 Å². The molecule has 2 aromatic heterocycles. The highest BCUT2D eigenvalue weighted by Crippen LogP contribution is 2.16. The van der Waals surface area contributed by atoms with Gasteiger partial charge >= 0.3 is 0 Å². The summed E-state index contributed by atoms with van der Waals surface area (Å²) < 4.78 is 0. The van der Waals surface area contributed by atoms with Crippen LogP contribution in [0.25, 0.3) is 0 Å². The van der Waals surface area contributed by atoms with E-state index < -0.39 is 0 Å². The van der Waals surface area contributed by atoms with Gasteiger partial charge in [0.1, 0.15) is 5.82 Å². The van der Waals surface area contributed by atoms with Gasteiger partial charge in [-0.05, 0) is 24.1 Å². The lowest BCUT2D eigenvalue weighted by molar-refractivity contribution is 0.274. The first-order valence-electron chi connectivity index (χ1n) is 5.73. The number of thiophene rings is 1. The minimum absolute atomic E-state index is 0.636. The van der Waals surface area contributed by atoms with E-state index >= 15 is 0 Å². The molecular weight excluding hydrogens is 230 g/mol. The maximum absolute atomic E-state index is 5.86. The standard InChI is InChI=1S/C13H17N3S/c1-2-16(10-12-6-4-8-17-12)9-11-5-3-7-15-13(11)14/h3-8H,2,9-10H2,1H3,(H2,14,15). The molecule has 0 aliphatic carbocycles. The fourth-order valence-corrected chi connectivity index (χ4v) is 2.47. The van der Waals surface area contributed by atoms with Gasteiger partial charge in [0.05, 0.1) is 0 Å². The second kappa shape index (κ2) is 5.80. The molecule has 3 nitrogen and oxygen atoms in total. The van der Waals surface area contributed by atoms with E-state index in [4.69, 9.17) is 5.73 Å². The zero-order valence-corrected chi connectivity index (χ0v) is 10.8. The molecule has 17 heavy (non-hydrogen) atoms. The number of nitrogens with zero attached hydrogens (tertiary/aromatic N) is 2. The third-order valence-corrected chi connectivity index (χ3v) is 3.59. The molecule has 0 bridgehead atoms. The molecule has 0 aliphatic rings.